The van der Waals surface area contributed by atoms with Crippen LogP contribution in [-0.2, 0) is 9.47 Å². The van der Waals surface area contributed by atoms with Crippen molar-refractivity contribution in [2.24, 2.45) is 0 Å². The van der Waals surface area contributed by atoms with Crippen LogP contribution >= 0.6 is 0 Å². The predicted molar refractivity (Wildman–Crippen MR) is 163 cm³/mol. The average Bonchev–Trinajstić information content (AvgIpc) is 2.90. The van der Waals surface area contributed by atoms with Crippen LogP contribution < -0.4 is 0 Å². The van der Waals surface area contributed by atoms with Gasteiger partial charge in [-0.05, 0) is 12.8 Å². The number of hydrogen-bond donors (Lipinski definition) is 0. The molecular formula is C34H68O3. The summed E-state index contributed by atoms with van der Waals surface area (Å²) >= 11 is 0. The Morgan fingerprint density at radius 1 is 0.324 bits per heavy atom. The Labute approximate surface area is 233 Å². The van der Waals surface area contributed by atoms with E-state index >= 15 is 0 Å². The molecule has 37 heavy (non-hydrogen) atoms. The maximum atomic E-state index is 11.3. The second-order valence-corrected chi connectivity index (χ2v) is 11.5. The minimum atomic E-state index is -0.497. The van der Waals surface area contributed by atoms with Crippen molar-refractivity contribution in [1.82, 2.24) is 0 Å². The molecule has 0 N–H and O–H groups in total. The van der Waals surface area contributed by atoms with Crippen molar-refractivity contribution >= 4 is 6.16 Å². The highest BCUT2D eigenvalue weighted by atomic mass is 16.7. The van der Waals surface area contributed by atoms with Gasteiger partial charge in [0.2, 0.25) is 0 Å². The third kappa shape index (κ3) is 33.2. The van der Waals surface area contributed by atoms with Crippen LogP contribution in [0.4, 0.5) is 4.79 Å². The quantitative estimate of drug-likeness (QED) is 0.0668. The van der Waals surface area contributed by atoms with E-state index in [0.29, 0.717) is 13.2 Å². The van der Waals surface area contributed by atoms with E-state index in [9.17, 15) is 4.79 Å². The first-order chi connectivity index (χ1) is 18.3. The molecule has 0 spiro atoms. The number of carbonyl (C=O) groups excluding carboxylic acids is 1. The van der Waals surface area contributed by atoms with Gasteiger partial charge in [0.25, 0.3) is 0 Å². The van der Waals surface area contributed by atoms with Gasteiger partial charge in [0, 0.05) is 0 Å². The van der Waals surface area contributed by atoms with Crippen molar-refractivity contribution < 1.29 is 14.3 Å². The molecule has 0 aliphatic heterocycles. The molecule has 0 aromatic heterocycles. The number of unbranched alkanes of at least 4 members (excludes halogenated alkanes) is 27. The summed E-state index contributed by atoms with van der Waals surface area (Å²) in [5.74, 6) is 0. The van der Waals surface area contributed by atoms with Crippen molar-refractivity contribution in [2.75, 3.05) is 13.2 Å². The van der Waals surface area contributed by atoms with Gasteiger partial charge in [-0.15, -0.1) is 0 Å². The lowest BCUT2D eigenvalue weighted by Crippen LogP contribution is -2.09. The maximum absolute atomic E-state index is 11.3. The molecule has 0 aliphatic carbocycles. The van der Waals surface area contributed by atoms with E-state index in [1.165, 1.54) is 161 Å². The Kier molecular flexibility index (Phi) is 32.6. The summed E-state index contributed by atoms with van der Waals surface area (Å²) < 4.78 is 10.1. The van der Waals surface area contributed by atoms with Gasteiger partial charge in [-0.3, -0.25) is 0 Å². The summed E-state index contributed by atoms with van der Waals surface area (Å²) in [4.78, 5) is 11.3. The first kappa shape index (κ1) is 36.3. The van der Waals surface area contributed by atoms with E-state index in [2.05, 4.69) is 13.8 Å². The fraction of sp³-hybridized carbons (Fsp3) is 0.971. The summed E-state index contributed by atoms with van der Waals surface area (Å²) in [6, 6.07) is 0. The van der Waals surface area contributed by atoms with Crippen LogP contribution in [-0.4, -0.2) is 19.4 Å². The Hall–Kier alpha value is -0.730. The molecule has 0 aromatic carbocycles. The number of hydrogen-bond acceptors (Lipinski definition) is 3. The second kappa shape index (κ2) is 33.3. The Bertz CT molecular complexity index is 423. The summed E-state index contributed by atoms with van der Waals surface area (Å²) in [6.07, 6.45) is 39.4. The topological polar surface area (TPSA) is 35.5 Å². The molecule has 0 saturated carbocycles. The molecule has 0 fully saturated rings. The Morgan fingerprint density at radius 2 is 0.541 bits per heavy atom. The summed E-state index contributed by atoms with van der Waals surface area (Å²) in [5, 5.41) is 0. The highest BCUT2D eigenvalue weighted by Gasteiger charge is 2.02. The van der Waals surface area contributed by atoms with Crippen LogP contribution in [0, 0.1) is 0 Å². The second-order valence-electron chi connectivity index (χ2n) is 11.5. The zero-order valence-corrected chi connectivity index (χ0v) is 25.6. The van der Waals surface area contributed by atoms with Gasteiger partial charge >= 0.3 is 6.16 Å². The highest BCUT2D eigenvalue weighted by Crippen LogP contribution is 2.16. The van der Waals surface area contributed by atoms with Gasteiger partial charge in [0.15, 0.2) is 0 Å². The monoisotopic (exact) mass is 525 g/mol. The Morgan fingerprint density at radius 3 is 0.811 bits per heavy atom. The lowest BCUT2D eigenvalue weighted by molar-refractivity contribution is 0.0532. The van der Waals surface area contributed by atoms with Crippen LogP contribution in [0.15, 0.2) is 0 Å². The molecular weight excluding hydrogens is 456 g/mol. The van der Waals surface area contributed by atoms with E-state index in [1.54, 1.807) is 0 Å². The van der Waals surface area contributed by atoms with Gasteiger partial charge < -0.3 is 9.47 Å². The van der Waals surface area contributed by atoms with Gasteiger partial charge in [-0.25, -0.2) is 4.79 Å². The van der Waals surface area contributed by atoms with E-state index in [1.807, 2.05) is 0 Å². The maximum Gasteiger partial charge on any atom is 0.508 e. The lowest BCUT2D eigenvalue weighted by Gasteiger charge is -2.06. The smallest absolute Gasteiger partial charge is 0.434 e. The van der Waals surface area contributed by atoms with Gasteiger partial charge in [0.1, 0.15) is 0 Å². The fourth-order valence-corrected chi connectivity index (χ4v) is 5.09. The van der Waals surface area contributed by atoms with Crippen LogP contribution in [0.1, 0.15) is 200 Å². The molecule has 0 bridgehead atoms. The molecule has 0 amide bonds. The van der Waals surface area contributed by atoms with Gasteiger partial charge in [-0.1, -0.05) is 187 Å². The molecule has 222 valence electrons. The highest BCUT2D eigenvalue weighted by molar-refractivity contribution is 5.59. The van der Waals surface area contributed by atoms with Crippen molar-refractivity contribution in [3.05, 3.63) is 0 Å². The molecule has 3 heteroatoms. The molecule has 0 atom stereocenters. The van der Waals surface area contributed by atoms with Crippen molar-refractivity contribution in [1.29, 1.82) is 0 Å². The van der Waals surface area contributed by atoms with Crippen molar-refractivity contribution in [3.8, 4) is 0 Å². The zero-order chi connectivity index (χ0) is 26.9. The summed E-state index contributed by atoms with van der Waals surface area (Å²) in [7, 11) is 0. The van der Waals surface area contributed by atoms with Crippen LogP contribution in [0.5, 0.6) is 0 Å². The molecule has 0 rings (SSSR count). The minimum absolute atomic E-state index is 0.481. The molecule has 0 aliphatic rings. The molecule has 0 aromatic rings. The molecule has 0 heterocycles. The number of rotatable bonds is 31. The average molecular weight is 525 g/mol. The largest absolute Gasteiger partial charge is 0.508 e. The van der Waals surface area contributed by atoms with Gasteiger partial charge in [0.05, 0.1) is 13.2 Å². The number of ether oxygens (including phenoxy) is 2. The van der Waals surface area contributed by atoms with Crippen LogP contribution in [0.25, 0.3) is 0 Å². The fourth-order valence-electron chi connectivity index (χ4n) is 5.09. The Balaban J connectivity index is 3.06. The summed E-state index contributed by atoms with van der Waals surface area (Å²) in [6.45, 7) is 5.37. The summed E-state index contributed by atoms with van der Waals surface area (Å²) in [5.41, 5.74) is 0. The lowest BCUT2D eigenvalue weighted by atomic mass is 10.0. The standard InChI is InChI=1S/C34H68O3/c1-3-5-7-8-9-10-11-12-13-14-15-16-17-18-19-20-21-22-23-24-25-26-27-28-29-30-31-33-37-34(35)36-32-6-4-2/h3-33H2,1-2H3. The van der Waals surface area contributed by atoms with Crippen LogP contribution in [0.2, 0.25) is 0 Å². The van der Waals surface area contributed by atoms with E-state index in [0.717, 1.165) is 25.7 Å². The van der Waals surface area contributed by atoms with Gasteiger partial charge in [-0.2, -0.15) is 0 Å². The first-order valence-corrected chi connectivity index (χ1v) is 17.1. The third-order valence-corrected chi connectivity index (χ3v) is 7.69. The first-order valence-electron chi connectivity index (χ1n) is 17.1. The van der Waals surface area contributed by atoms with Crippen molar-refractivity contribution in [2.45, 2.75) is 200 Å². The van der Waals surface area contributed by atoms with E-state index in [4.69, 9.17) is 9.47 Å². The molecule has 0 unspecified atom stereocenters. The van der Waals surface area contributed by atoms with E-state index in [-0.39, 0.29) is 0 Å². The number of carbonyl (C=O) groups is 1. The normalized spacial score (nSPS) is 11.2. The molecule has 0 saturated heterocycles. The third-order valence-electron chi connectivity index (χ3n) is 7.69. The van der Waals surface area contributed by atoms with Crippen molar-refractivity contribution in [3.63, 3.8) is 0 Å². The van der Waals surface area contributed by atoms with E-state index < -0.39 is 6.16 Å². The van der Waals surface area contributed by atoms with Crippen LogP contribution in [0.3, 0.4) is 0 Å². The minimum Gasteiger partial charge on any atom is -0.434 e. The molecule has 3 nitrogen and oxygen atoms in total. The predicted octanol–water partition coefficient (Wildman–Crippen LogP) is 12.5. The zero-order valence-electron chi connectivity index (χ0n) is 25.6. The SMILES string of the molecule is CCCCCCCCCCCCCCCCCCCCCCCCCCCCCOC(=O)OCCCC. The molecule has 0 radical (unpaired) electrons.